The maximum atomic E-state index is 12.1. The fraction of sp³-hybridized carbons (Fsp3) is 0.714. The molecule has 0 unspecified atom stereocenters. The molecular formula is C14H25N3O4S. The molecule has 1 heterocycles. The molecule has 0 saturated carbocycles. The molecule has 126 valence electrons. The van der Waals surface area contributed by atoms with Crippen molar-refractivity contribution < 1.29 is 17.9 Å². The highest BCUT2D eigenvalue weighted by atomic mass is 32.2. The van der Waals surface area contributed by atoms with Crippen LogP contribution in [-0.2, 0) is 19.6 Å². The highest BCUT2D eigenvalue weighted by molar-refractivity contribution is 7.89. The SMILES string of the molecule is COC(=O)CCCCCS(=O)(=O)N[C@@H](c1ncc[nH]1)C(C)C. The van der Waals surface area contributed by atoms with E-state index in [1.54, 1.807) is 12.4 Å². The number of esters is 1. The largest absolute Gasteiger partial charge is 0.469 e. The van der Waals surface area contributed by atoms with Crippen molar-refractivity contribution in [3.05, 3.63) is 18.2 Å². The highest BCUT2D eigenvalue weighted by Crippen LogP contribution is 2.19. The number of sulfonamides is 1. The van der Waals surface area contributed by atoms with Gasteiger partial charge in [0.2, 0.25) is 10.0 Å². The molecule has 0 bridgehead atoms. The first-order valence-corrected chi connectivity index (χ1v) is 9.07. The summed E-state index contributed by atoms with van der Waals surface area (Å²) in [6, 6.07) is -0.366. The summed E-state index contributed by atoms with van der Waals surface area (Å²) < 4.78 is 31.5. The van der Waals surface area contributed by atoms with Gasteiger partial charge >= 0.3 is 5.97 Å². The number of nitrogens with one attached hydrogen (secondary N) is 2. The summed E-state index contributed by atoms with van der Waals surface area (Å²) >= 11 is 0. The number of rotatable bonds is 10. The number of imidazole rings is 1. The van der Waals surface area contributed by atoms with Gasteiger partial charge in [0, 0.05) is 18.8 Å². The van der Waals surface area contributed by atoms with Crippen LogP contribution in [0.4, 0.5) is 0 Å². The minimum atomic E-state index is -3.38. The lowest BCUT2D eigenvalue weighted by Crippen LogP contribution is -2.34. The lowest BCUT2D eigenvalue weighted by Gasteiger charge is -2.20. The third-order valence-electron chi connectivity index (χ3n) is 3.31. The van der Waals surface area contributed by atoms with Crippen molar-refractivity contribution in [2.24, 2.45) is 5.92 Å². The third kappa shape index (κ3) is 6.57. The molecule has 2 N–H and O–H groups in total. The molecule has 0 aliphatic carbocycles. The van der Waals surface area contributed by atoms with Crippen LogP contribution in [0.25, 0.3) is 0 Å². The monoisotopic (exact) mass is 331 g/mol. The average molecular weight is 331 g/mol. The first kappa shape index (κ1) is 18.6. The molecular weight excluding hydrogens is 306 g/mol. The van der Waals surface area contributed by atoms with Gasteiger partial charge in [-0.2, -0.15) is 0 Å². The topological polar surface area (TPSA) is 101 Å². The number of methoxy groups -OCH3 is 1. The summed E-state index contributed by atoms with van der Waals surface area (Å²) in [7, 11) is -2.04. The molecule has 1 aromatic rings. The van der Waals surface area contributed by atoms with Gasteiger partial charge in [-0.3, -0.25) is 4.79 Å². The molecule has 1 aromatic heterocycles. The molecule has 0 aliphatic rings. The van der Waals surface area contributed by atoms with Crippen molar-refractivity contribution in [1.29, 1.82) is 0 Å². The standard InChI is InChI=1S/C14H25N3O4S/c1-11(2)13(14-15-8-9-16-14)17-22(19,20)10-6-4-5-7-12(18)21-3/h8-9,11,13,17H,4-7,10H2,1-3H3,(H,15,16)/t13-/m1/s1. The van der Waals surface area contributed by atoms with Crippen molar-refractivity contribution in [1.82, 2.24) is 14.7 Å². The van der Waals surface area contributed by atoms with E-state index in [0.717, 1.165) is 0 Å². The van der Waals surface area contributed by atoms with E-state index in [9.17, 15) is 13.2 Å². The Labute approximate surface area is 131 Å². The Bertz CT molecular complexity index is 540. The van der Waals surface area contributed by atoms with Gasteiger partial charge in [0.1, 0.15) is 5.82 Å². The van der Waals surface area contributed by atoms with Gasteiger partial charge in [0.05, 0.1) is 18.9 Å². The maximum Gasteiger partial charge on any atom is 0.305 e. The van der Waals surface area contributed by atoms with Crippen LogP contribution in [0.5, 0.6) is 0 Å². The quantitative estimate of drug-likeness (QED) is 0.502. The predicted octanol–water partition coefficient (Wildman–Crippen LogP) is 1.76. The fourth-order valence-electron chi connectivity index (χ4n) is 2.05. The van der Waals surface area contributed by atoms with Crippen LogP contribution in [0.15, 0.2) is 12.4 Å². The normalized spacial score (nSPS) is 13.3. The first-order chi connectivity index (χ1) is 10.4. The molecule has 0 spiro atoms. The van der Waals surface area contributed by atoms with Gasteiger partial charge in [-0.05, 0) is 18.8 Å². The molecule has 0 saturated heterocycles. The summed E-state index contributed by atoms with van der Waals surface area (Å²) in [6.07, 6.45) is 5.41. The third-order valence-corrected chi connectivity index (χ3v) is 4.75. The summed E-state index contributed by atoms with van der Waals surface area (Å²) in [6.45, 7) is 3.87. The van der Waals surface area contributed by atoms with Gasteiger partial charge < -0.3 is 9.72 Å². The van der Waals surface area contributed by atoms with Gasteiger partial charge in [-0.15, -0.1) is 0 Å². The molecule has 1 rings (SSSR count). The Morgan fingerprint density at radius 3 is 2.64 bits per heavy atom. The lowest BCUT2D eigenvalue weighted by molar-refractivity contribution is -0.140. The van der Waals surface area contributed by atoms with Gasteiger partial charge in [0.25, 0.3) is 0 Å². The number of hydrogen-bond donors (Lipinski definition) is 2. The number of aromatic amines is 1. The van der Waals surface area contributed by atoms with E-state index in [4.69, 9.17) is 0 Å². The number of H-pyrrole nitrogens is 1. The van der Waals surface area contributed by atoms with Crippen LogP contribution in [0.2, 0.25) is 0 Å². The van der Waals surface area contributed by atoms with Crippen LogP contribution in [-0.4, -0.2) is 37.2 Å². The Morgan fingerprint density at radius 1 is 1.36 bits per heavy atom. The predicted molar refractivity (Wildman–Crippen MR) is 83.6 cm³/mol. The number of unbranched alkanes of at least 4 members (excludes halogenated alkanes) is 2. The van der Waals surface area contributed by atoms with E-state index in [1.165, 1.54) is 7.11 Å². The second kappa shape index (κ2) is 8.89. The molecule has 7 nitrogen and oxygen atoms in total. The molecule has 0 aromatic carbocycles. The van der Waals surface area contributed by atoms with Crippen molar-refractivity contribution in [2.45, 2.75) is 45.6 Å². The maximum absolute atomic E-state index is 12.1. The van der Waals surface area contributed by atoms with Gasteiger partial charge in [0.15, 0.2) is 0 Å². The first-order valence-electron chi connectivity index (χ1n) is 7.42. The van der Waals surface area contributed by atoms with Gasteiger partial charge in [-0.1, -0.05) is 20.3 Å². The summed E-state index contributed by atoms with van der Waals surface area (Å²) in [5, 5.41) is 0. The molecule has 8 heteroatoms. The molecule has 0 radical (unpaired) electrons. The van der Waals surface area contributed by atoms with Crippen LogP contribution in [0.1, 0.15) is 51.4 Å². The zero-order valence-corrected chi connectivity index (χ0v) is 14.1. The van der Waals surface area contributed by atoms with E-state index in [2.05, 4.69) is 19.4 Å². The number of carbonyl (C=O) groups excluding carboxylic acids is 1. The number of aromatic nitrogens is 2. The summed E-state index contributed by atoms with van der Waals surface area (Å²) in [4.78, 5) is 18.0. The van der Waals surface area contributed by atoms with Crippen molar-refractivity contribution >= 4 is 16.0 Å². The minimum absolute atomic E-state index is 0.0398. The Hall–Kier alpha value is -1.41. The summed E-state index contributed by atoms with van der Waals surface area (Å²) in [5.74, 6) is 0.473. The second-order valence-corrected chi connectivity index (χ2v) is 7.39. The number of hydrogen-bond acceptors (Lipinski definition) is 5. The summed E-state index contributed by atoms with van der Waals surface area (Å²) in [5.41, 5.74) is 0. The molecule has 0 fully saturated rings. The Kier molecular flexibility index (Phi) is 7.53. The van der Waals surface area contributed by atoms with Crippen molar-refractivity contribution in [3.63, 3.8) is 0 Å². The van der Waals surface area contributed by atoms with Gasteiger partial charge in [-0.25, -0.2) is 18.1 Å². The molecule has 22 heavy (non-hydrogen) atoms. The second-order valence-electron chi connectivity index (χ2n) is 5.52. The molecule has 1 atom stereocenters. The minimum Gasteiger partial charge on any atom is -0.469 e. The van der Waals surface area contributed by atoms with E-state index in [0.29, 0.717) is 31.5 Å². The number of carbonyl (C=O) groups is 1. The van der Waals surface area contributed by atoms with Crippen LogP contribution < -0.4 is 4.72 Å². The van der Waals surface area contributed by atoms with E-state index in [-0.39, 0.29) is 23.7 Å². The number of nitrogens with zero attached hydrogens (tertiary/aromatic N) is 1. The highest BCUT2D eigenvalue weighted by Gasteiger charge is 2.23. The van der Waals surface area contributed by atoms with E-state index in [1.807, 2.05) is 13.8 Å². The van der Waals surface area contributed by atoms with E-state index >= 15 is 0 Å². The number of ether oxygens (including phenoxy) is 1. The van der Waals surface area contributed by atoms with Crippen molar-refractivity contribution in [3.8, 4) is 0 Å². The smallest absolute Gasteiger partial charge is 0.305 e. The molecule has 0 aliphatic heterocycles. The fourth-order valence-corrected chi connectivity index (χ4v) is 3.52. The average Bonchev–Trinajstić information content (AvgIpc) is 2.97. The van der Waals surface area contributed by atoms with Crippen LogP contribution in [0, 0.1) is 5.92 Å². The molecule has 0 amide bonds. The van der Waals surface area contributed by atoms with Crippen LogP contribution >= 0.6 is 0 Å². The zero-order valence-electron chi connectivity index (χ0n) is 13.3. The van der Waals surface area contributed by atoms with Crippen molar-refractivity contribution in [2.75, 3.05) is 12.9 Å². The zero-order chi connectivity index (χ0) is 16.6. The Balaban J connectivity index is 2.43. The van der Waals surface area contributed by atoms with E-state index < -0.39 is 10.0 Å². The Morgan fingerprint density at radius 2 is 2.09 bits per heavy atom. The van der Waals surface area contributed by atoms with Crippen LogP contribution in [0.3, 0.4) is 0 Å². The lowest BCUT2D eigenvalue weighted by atomic mass is 10.1.